The van der Waals surface area contributed by atoms with E-state index in [1.54, 1.807) is 11.3 Å². The van der Waals surface area contributed by atoms with E-state index in [1.165, 1.54) is 4.88 Å². The summed E-state index contributed by atoms with van der Waals surface area (Å²) in [5.74, 6) is 0.270. The molecule has 1 aromatic heterocycles. The molecule has 0 saturated carbocycles. The van der Waals surface area contributed by atoms with Gasteiger partial charge in [0.25, 0.3) is 0 Å². The van der Waals surface area contributed by atoms with Crippen LogP contribution in [0.25, 0.3) is 0 Å². The summed E-state index contributed by atoms with van der Waals surface area (Å²) in [6, 6.07) is 4.31. The van der Waals surface area contributed by atoms with Crippen molar-refractivity contribution in [3.63, 3.8) is 0 Å². The molecule has 0 aromatic carbocycles. The predicted octanol–water partition coefficient (Wildman–Crippen LogP) is 1.94. The normalized spacial score (nSPS) is 13.0. The fraction of sp³-hybridized carbons (Fsp3) is 0.545. The van der Waals surface area contributed by atoms with Crippen LogP contribution >= 0.6 is 11.3 Å². The van der Waals surface area contributed by atoms with E-state index in [9.17, 15) is 0 Å². The number of nitrogens with one attached hydrogen (secondary N) is 1. The molecule has 0 bridgehead atoms. The van der Waals surface area contributed by atoms with E-state index in [4.69, 9.17) is 11.1 Å². The molecule has 0 fully saturated rings. The Morgan fingerprint density at radius 2 is 2.40 bits per heavy atom. The van der Waals surface area contributed by atoms with Gasteiger partial charge in [-0.15, -0.1) is 11.3 Å². The van der Waals surface area contributed by atoms with Crippen molar-refractivity contribution < 1.29 is 0 Å². The van der Waals surface area contributed by atoms with E-state index in [0.29, 0.717) is 0 Å². The minimum absolute atomic E-state index is 0.0879. The number of likely N-dealkylation sites (N-methyl/N-ethyl adjacent to an activating group) is 1. The third-order valence-electron chi connectivity index (χ3n) is 2.57. The second kappa shape index (κ2) is 5.88. The van der Waals surface area contributed by atoms with Gasteiger partial charge in [-0.05, 0) is 31.3 Å². The summed E-state index contributed by atoms with van der Waals surface area (Å²) in [5.41, 5.74) is 5.54. The lowest BCUT2D eigenvalue weighted by molar-refractivity contribution is 0.293. The Morgan fingerprint density at radius 3 is 2.87 bits per heavy atom. The fourth-order valence-corrected chi connectivity index (χ4v) is 2.36. The van der Waals surface area contributed by atoms with Crippen molar-refractivity contribution in [3.8, 4) is 0 Å². The van der Waals surface area contributed by atoms with Crippen LogP contribution in [0.3, 0.4) is 0 Å². The number of thiophene rings is 1. The third kappa shape index (κ3) is 3.64. The van der Waals surface area contributed by atoms with Crippen molar-refractivity contribution in [1.82, 2.24) is 4.90 Å². The number of rotatable bonds is 6. The standard InChI is InChI=1S/C11H19N3S/c1-3-10(11(12)13)14(2)7-6-9-5-4-8-15-9/h4-5,8,10H,3,6-7H2,1-2H3,(H3,12,13). The Hall–Kier alpha value is -0.870. The van der Waals surface area contributed by atoms with Crippen LogP contribution in [0.15, 0.2) is 17.5 Å². The minimum Gasteiger partial charge on any atom is -0.386 e. The molecule has 1 rings (SSSR count). The molecule has 0 aliphatic carbocycles. The first kappa shape index (κ1) is 12.2. The van der Waals surface area contributed by atoms with Crippen LogP contribution in [0, 0.1) is 5.41 Å². The Kier molecular flexibility index (Phi) is 4.78. The lowest BCUT2D eigenvalue weighted by Crippen LogP contribution is -2.42. The molecule has 0 aliphatic heterocycles. The summed E-state index contributed by atoms with van der Waals surface area (Å²) in [4.78, 5) is 3.54. The molecule has 84 valence electrons. The van der Waals surface area contributed by atoms with Gasteiger partial charge in [-0.1, -0.05) is 13.0 Å². The van der Waals surface area contributed by atoms with E-state index in [-0.39, 0.29) is 11.9 Å². The molecule has 3 N–H and O–H groups in total. The number of amidine groups is 1. The van der Waals surface area contributed by atoms with E-state index < -0.39 is 0 Å². The van der Waals surface area contributed by atoms with Crippen LogP contribution in [-0.4, -0.2) is 30.4 Å². The molecule has 0 saturated heterocycles. The highest BCUT2D eigenvalue weighted by atomic mass is 32.1. The monoisotopic (exact) mass is 225 g/mol. The van der Waals surface area contributed by atoms with E-state index >= 15 is 0 Å². The number of nitrogens with two attached hydrogens (primary N) is 1. The van der Waals surface area contributed by atoms with Crippen LogP contribution in [0.5, 0.6) is 0 Å². The number of hydrogen-bond acceptors (Lipinski definition) is 3. The van der Waals surface area contributed by atoms with E-state index in [2.05, 4.69) is 29.3 Å². The van der Waals surface area contributed by atoms with Gasteiger partial charge in [-0.3, -0.25) is 10.3 Å². The van der Waals surface area contributed by atoms with Crippen LogP contribution < -0.4 is 5.73 Å². The van der Waals surface area contributed by atoms with Crippen LogP contribution in [0.4, 0.5) is 0 Å². The van der Waals surface area contributed by atoms with Crippen molar-refractivity contribution in [3.05, 3.63) is 22.4 Å². The zero-order valence-corrected chi connectivity index (χ0v) is 10.2. The van der Waals surface area contributed by atoms with Gasteiger partial charge >= 0.3 is 0 Å². The quantitative estimate of drug-likeness (QED) is 0.574. The molecule has 0 aliphatic rings. The van der Waals surface area contributed by atoms with Crippen LogP contribution in [-0.2, 0) is 6.42 Å². The molecule has 1 atom stereocenters. The zero-order valence-electron chi connectivity index (χ0n) is 9.36. The molecule has 1 unspecified atom stereocenters. The van der Waals surface area contributed by atoms with Gasteiger partial charge in [0.2, 0.25) is 0 Å². The van der Waals surface area contributed by atoms with Gasteiger partial charge in [-0.25, -0.2) is 0 Å². The maximum Gasteiger partial charge on any atom is 0.108 e. The largest absolute Gasteiger partial charge is 0.386 e. The second-order valence-corrected chi connectivity index (χ2v) is 4.72. The predicted molar refractivity (Wildman–Crippen MR) is 66.6 cm³/mol. The minimum atomic E-state index is 0.0879. The van der Waals surface area contributed by atoms with Crippen molar-refractivity contribution in [2.24, 2.45) is 5.73 Å². The topological polar surface area (TPSA) is 53.1 Å². The molecule has 15 heavy (non-hydrogen) atoms. The van der Waals surface area contributed by atoms with Crippen LogP contribution in [0.1, 0.15) is 18.2 Å². The van der Waals surface area contributed by atoms with E-state index in [1.807, 2.05) is 7.05 Å². The lowest BCUT2D eigenvalue weighted by Gasteiger charge is -2.25. The van der Waals surface area contributed by atoms with Gasteiger partial charge in [-0.2, -0.15) is 0 Å². The first-order chi connectivity index (χ1) is 7.15. The number of hydrogen-bond donors (Lipinski definition) is 2. The summed E-state index contributed by atoms with van der Waals surface area (Å²) >= 11 is 1.78. The maximum absolute atomic E-state index is 7.47. The second-order valence-electron chi connectivity index (χ2n) is 3.69. The average Bonchev–Trinajstić information content (AvgIpc) is 2.67. The highest BCUT2D eigenvalue weighted by molar-refractivity contribution is 7.09. The van der Waals surface area contributed by atoms with Gasteiger partial charge in [0, 0.05) is 11.4 Å². The summed E-state index contributed by atoms with van der Waals surface area (Å²) in [5, 5.41) is 9.57. The van der Waals surface area contributed by atoms with Gasteiger partial charge < -0.3 is 5.73 Å². The number of nitrogens with zero attached hydrogens (tertiary/aromatic N) is 1. The highest BCUT2D eigenvalue weighted by Gasteiger charge is 2.14. The van der Waals surface area contributed by atoms with Crippen LogP contribution in [0.2, 0.25) is 0 Å². The summed E-state index contributed by atoms with van der Waals surface area (Å²) in [6.07, 6.45) is 1.94. The lowest BCUT2D eigenvalue weighted by atomic mass is 10.1. The van der Waals surface area contributed by atoms with Gasteiger partial charge in [0.05, 0.1) is 6.04 Å². The molecule has 3 nitrogen and oxygen atoms in total. The zero-order chi connectivity index (χ0) is 11.3. The molecule has 0 radical (unpaired) electrons. The molecular weight excluding hydrogens is 206 g/mol. The molecule has 1 heterocycles. The first-order valence-electron chi connectivity index (χ1n) is 5.21. The fourth-order valence-electron chi connectivity index (χ4n) is 1.67. The van der Waals surface area contributed by atoms with Crippen molar-refractivity contribution in [2.75, 3.05) is 13.6 Å². The molecule has 0 spiro atoms. The summed E-state index contributed by atoms with van der Waals surface area (Å²) in [6.45, 7) is 3.02. The first-order valence-corrected chi connectivity index (χ1v) is 6.09. The average molecular weight is 225 g/mol. The summed E-state index contributed by atoms with van der Waals surface area (Å²) < 4.78 is 0. The van der Waals surface area contributed by atoms with E-state index in [0.717, 1.165) is 19.4 Å². The molecule has 4 heteroatoms. The maximum atomic E-state index is 7.47. The van der Waals surface area contributed by atoms with Crippen molar-refractivity contribution >= 4 is 17.2 Å². The smallest absolute Gasteiger partial charge is 0.108 e. The van der Waals surface area contributed by atoms with Crippen molar-refractivity contribution in [1.29, 1.82) is 5.41 Å². The van der Waals surface area contributed by atoms with Crippen molar-refractivity contribution in [2.45, 2.75) is 25.8 Å². The highest BCUT2D eigenvalue weighted by Crippen LogP contribution is 2.10. The Labute approximate surface area is 95.4 Å². The molecule has 1 aromatic rings. The van der Waals surface area contributed by atoms with Gasteiger partial charge in [0.15, 0.2) is 0 Å². The Balaban J connectivity index is 2.40. The summed E-state index contributed by atoms with van der Waals surface area (Å²) in [7, 11) is 2.03. The Morgan fingerprint density at radius 1 is 1.67 bits per heavy atom. The SMILES string of the molecule is CCC(C(=N)N)N(C)CCc1cccs1. The Bertz CT molecular complexity index is 295. The molecule has 0 amide bonds. The molecular formula is C11H19N3S. The van der Waals surface area contributed by atoms with Gasteiger partial charge in [0.1, 0.15) is 5.84 Å². The third-order valence-corrected chi connectivity index (χ3v) is 3.50.